The van der Waals surface area contributed by atoms with Gasteiger partial charge in [0.1, 0.15) is 5.82 Å². The van der Waals surface area contributed by atoms with Gasteiger partial charge < -0.3 is 10.3 Å². The first-order valence-corrected chi connectivity index (χ1v) is 2.90. The third-order valence-corrected chi connectivity index (χ3v) is 1.46. The molecule has 0 unspecified atom stereocenters. The second kappa shape index (κ2) is 2.13. The van der Waals surface area contributed by atoms with Crippen LogP contribution >= 0.6 is 0 Å². The number of imidazole rings is 1. The molecule has 0 aromatic carbocycles. The van der Waals surface area contributed by atoms with Gasteiger partial charge in [0.2, 0.25) is 0 Å². The third-order valence-electron chi connectivity index (χ3n) is 1.46. The smallest absolute Gasteiger partial charge is 0.185 e. The summed E-state index contributed by atoms with van der Waals surface area (Å²) in [6.07, 6.45) is 0.684. The van der Waals surface area contributed by atoms with Crippen LogP contribution in [0.15, 0.2) is 0 Å². The fraction of sp³-hybridized carbons (Fsp3) is 0.333. The van der Waals surface area contributed by atoms with Crippen LogP contribution in [0.5, 0.6) is 0 Å². The minimum atomic E-state index is 0.370. The Hall–Kier alpha value is -1.32. The van der Waals surface area contributed by atoms with Gasteiger partial charge >= 0.3 is 0 Å². The number of carbonyl (C=O) groups excluding carboxylic acids is 1. The maximum absolute atomic E-state index is 10.3. The first-order valence-electron chi connectivity index (χ1n) is 2.90. The van der Waals surface area contributed by atoms with Gasteiger partial charge in [-0.25, -0.2) is 4.98 Å². The van der Waals surface area contributed by atoms with E-state index in [4.69, 9.17) is 5.73 Å². The fourth-order valence-electron chi connectivity index (χ4n) is 0.776. The Morgan fingerprint density at radius 2 is 2.30 bits per heavy atom. The van der Waals surface area contributed by atoms with Crippen LogP contribution in [0, 0.1) is 6.92 Å². The molecule has 1 aromatic rings. The number of nitrogens with two attached hydrogens (primary N) is 1. The third kappa shape index (κ3) is 0.775. The van der Waals surface area contributed by atoms with E-state index >= 15 is 0 Å². The topological polar surface area (TPSA) is 60.9 Å². The van der Waals surface area contributed by atoms with E-state index in [0.717, 1.165) is 0 Å². The van der Waals surface area contributed by atoms with E-state index in [0.29, 0.717) is 23.6 Å². The highest BCUT2D eigenvalue weighted by Gasteiger charge is 2.05. The predicted octanol–water partition coefficient (Wildman–Crippen LogP) is 0.123. The van der Waals surface area contributed by atoms with Gasteiger partial charge in [-0.05, 0) is 6.92 Å². The molecule has 2 N–H and O–H groups in total. The van der Waals surface area contributed by atoms with Gasteiger partial charge in [-0.3, -0.25) is 4.79 Å². The number of rotatable bonds is 1. The summed E-state index contributed by atoms with van der Waals surface area (Å²) >= 11 is 0. The summed E-state index contributed by atoms with van der Waals surface area (Å²) in [4.78, 5) is 14.2. The van der Waals surface area contributed by atoms with Crippen molar-refractivity contribution in [2.75, 3.05) is 5.73 Å². The molecule has 0 saturated carbocycles. The number of carbonyl (C=O) groups is 1. The van der Waals surface area contributed by atoms with Crippen LogP contribution in [0.2, 0.25) is 0 Å². The number of aryl methyl sites for hydroxylation is 1. The van der Waals surface area contributed by atoms with Crippen molar-refractivity contribution in [2.45, 2.75) is 6.92 Å². The molecular weight excluding hydrogens is 130 g/mol. The second-order valence-electron chi connectivity index (χ2n) is 2.12. The average Bonchev–Trinajstić information content (AvgIpc) is 2.17. The molecule has 0 bridgehead atoms. The lowest BCUT2D eigenvalue weighted by molar-refractivity contribution is 0.111. The lowest BCUT2D eigenvalue weighted by Crippen LogP contribution is -2.00. The van der Waals surface area contributed by atoms with Gasteiger partial charge in [0.25, 0.3) is 0 Å². The van der Waals surface area contributed by atoms with Crippen molar-refractivity contribution in [2.24, 2.45) is 7.05 Å². The molecule has 1 aromatic heterocycles. The van der Waals surface area contributed by atoms with Crippen molar-refractivity contribution in [3.63, 3.8) is 0 Å². The maximum atomic E-state index is 10.3. The largest absolute Gasteiger partial charge is 0.384 e. The summed E-state index contributed by atoms with van der Waals surface area (Å²) < 4.78 is 1.56. The standard InChI is InChI=1S/C6H9N3O/c1-4-6(7)9(2)5(3-10)8-4/h3H,7H2,1-2H3. The molecule has 1 heterocycles. The van der Waals surface area contributed by atoms with Crippen molar-refractivity contribution in [3.05, 3.63) is 11.5 Å². The molecule has 0 aliphatic carbocycles. The number of nitrogens with zero attached hydrogens (tertiary/aromatic N) is 2. The molecule has 0 spiro atoms. The normalized spacial score (nSPS) is 9.80. The van der Waals surface area contributed by atoms with E-state index in [2.05, 4.69) is 4.98 Å². The van der Waals surface area contributed by atoms with Crippen LogP contribution in [0.3, 0.4) is 0 Å². The van der Waals surface area contributed by atoms with E-state index in [-0.39, 0.29) is 0 Å². The molecule has 0 fully saturated rings. The van der Waals surface area contributed by atoms with E-state index in [9.17, 15) is 4.79 Å². The van der Waals surface area contributed by atoms with Gasteiger partial charge in [-0.15, -0.1) is 0 Å². The van der Waals surface area contributed by atoms with Crippen LogP contribution in [-0.2, 0) is 7.05 Å². The van der Waals surface area contributed by atoms with Gasteiger partial charge in [-0.2, -0.15) is 0 Å². The van der Waals surface area contributed by atoms with E-state index < -0.39 is 0 Å². The highest BCUT2D eigenvalue weighted by Crippen LogP contribution is 2.08. The number of hydrogen-bond acceptors (Lipinski definition) is 3. The van der Waals surface area contributed by atoms with Gasteiger partial charge in [-0.1, -0.05) is 0 Å². The molecule has 0 radical (unpaired) electrons. The quantitative estimate of drug-likeness (QED) is 0.562. The average molecular weight is 139 g/mol. The molecule has 0 aliphatic rings. The fourth-order valence-corrected chi connectivity index (χ4v) is 0.776. The van der Waals surface area contributed by atoms with Crippen LogP contribution < -0.4 is 5.73 Å². The Morgan fingerprint density at radius 3 is 2.50 bits per heavy atom. The first-order chi connectivity index (χ1) is 4.66. The van der Waals surface area contributed by atoms with Crippen molar-refractivity contribution < 1.29 is 4.79 Å². The number of anilines is 1. The van der Waals surface area contributed by atoms with E-state index in [1.54, 1.807) is 18.5 Å². The van der Waals surface area contributed by atoms with Crippen LogP contribution in [0.25, 0.3) is 0 Å². The Balaban J connectivity index is 3.30. The summed E-state index contributed by atoms with van der Waals surface area (Å²) in [6, 6.07) is 0. The lowest BCUT2D eigenvalue weighted by atomic mass is 10.5. The molecule has 10 heavy (non-hydrogen) atoms. The predicted molar refractivity (Wildman–Crippen MR) is 37.7 cm³/mol. The number of aromatic nitrogens is 2. The van der Waals surface area contributed by atoms with Crippen LogP contribution in [0.4, 0.5) is 5.82 Å². The lowest BCUT2D eigenvalue weighted by Gasteiger charge is -1.94. The number of nitrogen functional groups attached to an aromatic ring is 1. The van der Waals surface area contributed by atoms with Crippen molar-refractivity contribution >= 4 is 12.1 Å². The molecular formula is C6H9N3O. The zero-order chi connectivity index (χ0) is 7.72. The molecule has 0 amide bonds. The minimum absolute atomic E-state index is 0.370. The summed E-state index contributed by atoms with van der Waals surface area (Å²) in [6.45, 7) is 1.77. The minimum Gasteiger partial charge on any atom is -0.384 e. The highest BCUT2D eigenvalue weighted by molar-refractivity contribution is 5.71. The zero-order valence-corrected chi connectivity index (χ0v) is 5.96. The second-order valence-corrected chi connectivity index (χ2v) is 2.12. The molecule has 0 aliphatic heterocycles. The van der Waals surface area contributed by atoms with Gasteiger partial charge in [0.15, 0.2) is 12.1 Å². The van der Waals surface area contributed by atoms with Gasteiger partial charge in [0.05, 0.1) is 5.69 Å². The Morgan fingerprint density at radius 1 is 1.70 bits per heavy atom. The number of hydrogen-bond donors (Lipinski definition) is 1. The van der Waals surface area contributed by atoms with E-state index in [1.807, 2.05) is 0 Å². The number of aldehydes is 1. The molecule has 1 rings (SSSR count). The molecule has 0 saturated heterocycles. The van der Waals surface area contributed by atoms with E-state index in [1.165, 1.54) is 0 Å². The Labute approximate surface area is 58.7 Å². The Bertz CT molecular complexity index is 264. The van der Waals surface area contributed by atoms with Crippen LogP contribution in [-0.4, -0.2) is 15.8 Å². The SMILES string of the molecule is Cc1nc(C=O)n(C)c1N. The summed E-state index contributed by atoms with van der Waals surface area (Å²) in [7, 11) is 1.71. The zero-order valence-electron chi connectivity index (χ0n) is 5.96. The molecule has 4 heteroatoms. The summed E-state index contributed by atoms with van der Waals surface area (Å²) in [5.74, 6) is 0.914. The summed E-state index contributed by atoms with van der Waals surface area (Å²) in [5, 5.41) is 0. The molecule has 4 nitrogen and oxygen atoms in total. The van der Waals surface area contributed by atoms with Crippen molar-refractivity contribution in [3.8, 4) is 0 Å². The van der Waals surface area contributed by atoms with Gasteiger partial charge in [0, 0.05) is 7.05 Å². The molecule has 54 valence electrons. The monoisotopic (exact) mass is 139 g/mol. The highest BCUT2D eigenvalue weighted by atomic mass is 16.1. The molecule has 0 atom stereocenters. The van der Waals surface area contributed by atoms with Crippen molar-refractivity contribution in [1.29, 1.82) is 0 Å². The summed E-state index contributed by atoms with van der Waals surface area (Å²) in [5.41, 5.74) is 6.22. The first kappa shape index (κ1) is 6.80. The van der Waals surface area contributed by atoms with Crippen LogP contribution in [0.1, 0.15) is 16.3 Å². The maximum Gasteiger partial charge on any atom is 0.185 e. The Kier molecular flexibility index (Phi) is 1.45. The van der Waals surface area contributed by atoms with Crippen molar-refractivity contribution in [1.82, 2.24) is 9.55 Å².